The van der Waals surface area contributed by atoms with Crippen LogP contribution in [0, 0.1) is 11.3 Å². The van der Waals surface area contributed by atoms with Crippen LogP contribution in [-0.2, 0) is 14.4 Å². The lowest BCUT2D eigenvalue weighted by atomic mass is 9.53. The molecule has 0 aromatic carbocycles. The monoisotopic (exact) mass is 280 g/mol. The molecule has 2 aliphatic carbocycles. The van der Waals surface area contributed by atoms with Crippen molar-refractivity contribution in [1.82, 2.24) is 0 Å². The van der Waals surface area contributed by atoms with Crippen molar-refractivity contribution in [3.8, 4) is 0 Å². The predicted molar refractivity (Wildman–Crippen MR) is 76.0 cm³/mol. The van der Waals surface area contributed by atoms with Crippen LogP contribution in [0.1, 0.15) is 45.4 Å². The van der Waals surface area contributed by atoms with Gasteiger partial charge in [-0.3, -0.25) is 5.26 Å². The minimum absolute atomic E-state index is 0.0301. The lowest BCUT2D eigenvalue weighted by molar-refractivity contribution is -0.354. The predicted octanol–water partition coefficient (Wildman–Crippen LogP) is 3.49. The van der Waals surface area contributed by atoms with E-state index in [1.807, 2.05) is 0 Å². The Morgan fingerprint density at radius 1 is 1.45 bits per heavy atom. The van der Waals surface area contributed by atoms with Crippen LogP contribution in [-0.4, -0.2) is 23.9 Å². The van der Waals surface area contributed by atoms with E-state index in [1.165, 1.54) is 7.11 Å². The van der Waals surface area contributed by atoms with E-state index in [0.29, 0.717) is 12.0 Å². The summed E-state index contributed by atoms with van der Waals surface area (Å²) in [5, 5.41) is 9.60. The molecular weight excluding hydrogens is 256 g/mol. The Morgan fingerprint density at radius 3 is 2.75 bits per heavy atom. The molecule has 2 aliphatic rings. The third kappa shape index (κ3) is 2.11. The van der Waals surface area contributed by atoms with Crippen molar-refractivity contribution in [3.05, 3.63) is 24.3 Å². The Balaban J connectivity index is 2.29. The number of carbonyl (C=O) groups is 1. The van der Waals surface area contributed by atoms with Gasteiger partial charge >= 0.3 is 5.97 Å². The molecule has 0 aromatic rings. The number of esters is 1. The highest BCUT2D eigenvalue weighted by Crippen LogP contribution is 2.58. The maximum absolute atomic E-state index is 11.7. The maximum Gasteiger partial charge on any atom is 0.333 e. The van der Waals surface area contributed by atoms with Gasteiger partial charge in [0, 0.05) is 11.0 Å². The molecule has 0 bridgehead atoms. The van der Waals surface area contributed by atoms with E-state index < -0.39 is 5.60 Å². The highest BCUT2D eigenvalue weighted by Gasteiger charge is 2.57. The fourth-order valence-electron chi connectivity index (χ4n) is 3.99. The lowest BCUT2D eigenvalue weighted by Gasteiger charge is -2.55. The number of fused-ring (bicyclic) bond motifs is 1. The number of hydrogen-bond acceptors (Lipinski definition) is 4. The highest BCUT2D eigenvalue weighted by atomic mass is 17.1. The van der Waals surface area contributed by atoms with Crippen LogP contribution in [0.15, 0.2) is 24.3 Å². The first-order chi connectivity index (χ1) is 9.40. The van der Waals surface area contributed by atoms with Gasteiger partial charge in [0.25, 0.3) is 0 Å². The van der Waals surface area contributed by atoms with Gasteiger partial charge in [0.05, 0.1) is 7.11 Å². The molecule has 1 unspecified atom stereocenters. The molecule has 3 atom stereocenters. The Morgan fingerprint density at radius 2 is 2.15 bits per heavy atom. The van der Waals surface area contributed by atoms with Crippen molar-refractivity contribution >= 4 is 5.97 Å². The topological polar surface area (TPSA) is 55.8 Å². The quantitative estimate of drug-likeness (QED) is 0.283. The summed E-state index contributed by atoms with van der Waals surface area (Å²) in [6.45, 7) is 10.1. The number of rotatable bonds is 3. The summed E-state index contributed by atoms with van der Waals surface area (Å²) in [4.78, 5) is 16.7. The van der Waals surface area contributed by atoms with E-state index >= 15 is 0 Å². The Kier molecular flexibility index (Phi) is 4.07. The Bertz CT molecular complexity index is 442. The molecule has 0 radical (unpaired) electrons. The second-order valence-electron chi connectivity index (χ2n) is 6.39. The van der Waals surface area contributed by atoms with Crippen molar-refractivity contribution in [2.75, 3.05) is 7.11 Å². The summed E-state index contributed by atoms with van der Waals surface area (Å²) in [5.41, 5.74) is 0.509. The van der Waals surface area contributed by atoms with E-state index in [0.717, 1.165) is 37.7 Å². The summed E-state index contributed by atoms with van der Waals surface area (Å²) in [5.74, 6) is -0.411. The van der Waals surface area contributed by atoms with E-state index in [9.17, 15) is 10.1 Å². The Labute approximate surface area is 120 Å². The van der Waals surface area contributed by atoms with Gasteiger partial charge in [-0.25, -0.2) is 9.68 Å². The minimum Gasteiger partial charge on any atom is -0.466 e. The van der Waals surface area contributed by atoms with Crippen molar-refractivity contribution in [2.24, 2.45) is 11.3 Å². The van der Waals surface area contributed by atoms with E-state index in [4.69, 9.17) is 9.62 Å². The van der Waals surface area contributed by atoms with Crippen molar-refractivity contribution < 1.29 is 19.7 Å². The zero-order valence-corrected chi connectivity index (χ0v) is 12.4. The summed E-state index contributed by atoms with van der Waals surface area (Å²) in [6.07, 6.45) is 5.23. The SMILES string of the molecule is C=C(C(=O)OC)[C@@H]1CCC2(C)CCCC(=C)[C@]2(OO)C1. The van der Waals surface area contributed by atoms with Gasteiger partial charge < -0.3 is 4.74 Å². The average molecular weight is 280 g/mol. The average Bonchev–Trinajstić information content (AvgIpc) is 2.45. The second kappa shape index (κ2) is 5.34. The molecule has 4 nitrogen and oxygen atoms in total. The molecule has 2 saturated carbocycles. The zero-order chi connectivity index (χ0) is 15.0. The van der Waals surface area contributed by atoms with Gasteiger partial charge in [-0.05, 0) is 50.0 Å². The molecule has 0 aromatic heterocycles. The second-order valence-corrected chi connectivity index (χ2v) is 6.39. The molecule has 2 rings (SSSR count). The molecule has 0 amide bonds. The lowest BCUT2D eigenvalue weighted by Crippen LogP contribution is -2.56. The Hall–Kier alpha value is -1.13. The van der Waals surface area contributed by atoms with Crippen molar-refractivity contribution in [1.29, 1.82) is 0 Å². The van der Waals surface area contributed by atoms with Crippen molar-refractivity contribution in [3.63, 3.8) is 0 Å². The molecule has 0 aliphatic heterocycles. The van der Waals surface area contributed by atoms with Crippen LogP contribution < -0.4 is 0 Å². The maximum atomic E-state index is 11.7. The molecule has 0 spiro atoms. The van der Waals surface area contributed by atoms with Crippen LogP contribution >= 0.6 is 0 Å². The van der Waals surface area contributed by atoms with Gasteiger partial charge in [0.2, 0.25) is 0 Å². The smallest absolute Gasteiger partial charge is 0.333 e. The molecule has 4 heteroatoms. The fraction of sp³-hybridized carbons (Fsp3) is 0.688. The summed E-state index contributed by atoms with van der Waals surface area (Å²) < 4.78 is 4.76. The van der Waals surface area contributed by atoms with Crippen molar-refractivity contribution in [2.45, 2.75) is 51.0 Å². The third-order valence-electron chi connectivity index (χ3n) is 5.43. The normalized spacial score (nSPS) is 37.1. The van der Waals surface area contributed by atoms with Gasteiger partial charge in [0.1, 0.15) is 5.60 Å². The van der Waals surface area contributed by atoms with Gasteiger partial charge in [0.15, 0.2) is 0 Å². The standard InChI is InChI=1S/C16H24O4/c1-11-6-5-8-15(3)9-7-13(10-16(11,15)20-18)12(2)14(17)19-4/h13,18H,1-2,5-10H2,3-4H3/t13-,15?,16-/m1/s1. The van der Waals surface area contributed by atoms with Crippen LogP contribution in [0.4, 0.5) is 0 Å². The number of ether oxygens (including phenoxy) is 1. The van der Waals surface area contributed by atoms with E-state index in [-0.39, 0.29) is 17.3 Å². The third-order valence-corrected chi connectivity index (χ3v) is 5.43. The largest absolute Gasteiger partial charge is 0.466 e. The molecule has 0 saturated heterocycles. The fourth-order valence-corrected chi connectivity index (χ4v) is 3.99. The van der Waals surface area contributed by atoms with Crippen LogP contribution in [0.3, 0.4) is 0 Å². The first kappa shape index (κ1) is 15.3. The van der Waals surface area contributed by atoms with Gasteiger partial charge in [-0.15, -0.1) is 0 Å². The van der Waals surface area contributed by atoms with Crippen LogP contribution in [0.2, 0.25) is 0 Å². The number of methoxy groups -OCH3 is 1. The van der Waals surface area contributed by atoms with E-state index in [2.05, 4.69) is 20.1 Å². The van der Waals surface area contributed by atoms with E-state index in [1.54, 1.807) is 0 Å². The molecule has 112 valence electrons. The van der Waals surface area contributed by atoms with Gasteiger partial charge in [-0.2, -0.15) is 0 Å². The first-order valence-corrected chi connectivity index (χ1v) is 7.18. The van der Waals surface area contributed by atoms with Crippen LogP contribution in [0.5, 0.6) is 0 Å². The summed E-state index contributed by atoms with van der Waals surface area (Å²) in [6, 6.07) is 0. The molecule has 1 N–H and O–H groups in total. The van der Waals surface area contributed by atoms with Crippen LogP contribution in [0.25, 0.3) is 0 Å². The minimum atomic E-state index is -0.759. The highest BCUT2D eigenvalue weighted by molar-refractivity contribution is 5.88. The first-order valence-electron chi connectivity index (χ1n) is 7.18. The number of carbonyl (C=O) groups excluding carboxylic acids is 1. The molecule has 2 fully saturated rings. The summed E-state index contributed by atoms with van der Waals surface area (Å²) >= 11 is 0. The molecule has 20 heavy (non-hydrogen) atoms. The molecular formula is C16H24O4. The number of hydrogen-bond donors (Lipinski definition) is 1. The van der Waals surface area contributed by atoms with Gasteiger partial charge in [-0.1, -0.05) is 20.1 Å². The zero-order valence-electron chi connectivity index (χ0n) is 12.4. The summed E-state index contributed by atoms with van der Waals surface area (Å²) in [7, 11) is 1.36. The molecule has 0 heterocycles.